The molecule has 38 heavy (non-hydrogen) atoms. The summed E-state index contributed by atoms with van der Waals surface area (Å²) in [6.45, 7) is 5.13. The van der Waals surface area contributed by atoms with Gasteiger partial charge >= 0.3 is 0 Å². The van der Waals surface area contributed by atoms with Crippen molar-refractivity contribution in [3.63, 3.8) is 0 Å². The van der Waals surface area contributed by atoms with Crippen molar-refractivity contribution < 1.29 is 18.0 Å². The summed E-state index contributed by atoms with van der Waals surface area (Å²) in [5.74, 6) is -0.786. The van der Waals surface area contributed by atoms with Crippen LogP contribution in [-0.2, 0) is 14.8 Å². The minimum Gasteiger partial charge on any atom is -0.349 e. The van der Waals surface area contributed by atoms with Crippen LogP contribution in [0.25, 0.3) is 0 Å². The quantitative estimate of drug-likeness (QED) is 0.399. The van der Waals surface area contributed by atoms with Gasteiger partial charge in [-0.15, -0.1) is 0 Å². The predicted molar refractivity (Wildman–Crippen MR) is 151 cm³/mol. The van der Waals surface area contributed by atoms with E-state index in [9.17, 15) is 18.0 Å². The molecule has 1 saturated carbocycles. The number of anilines is 2. The van der Waals surface area contributed by atoms with Crippen molar-refractivity contribution in [2.24, 2.45) is 0 Å². The molecule has 200 valence electrons. The second kappa shape index (κ2) is 11.8. The van der Waals surface area contributed by atoms with Crippen molar-refractivity contribution in [2.75, 3.05) is 16.2 Å². The fourth-order valence-corrected chi connectivity index (χ4v) is 6.22. The van der Waals surface area contributed by atoms with Gasteiger partial charge in [0.15, 0.2) is 0 Å². The lowest BCUT2D eigenvalue weighted by molar-refractivity contribution is -0.114. The van der Waals surface area contributed by atoms with Crippen molar-refractivity contribution in [1.82, 2.24) is 5.32 Å². The van der Waals surface area contributed by atoms with E-state index in [1.165, 1.54) is 6.42 Å². The summed E-state index contributed by atoms with van der Waals surface area (Å²) in [5.41, 5.74) is 3.67. The highest BCUT2D eigenvalue weighted by Gasteiger charge is 2.29. The number of sulfonamides is 1. The first kappa shape index (κ1) is 27.4. The molecule has 4 rings (SSSR count). The van der Waals surface area contributed by atoms with Crippen LogP contribution in [0, 0.1) is 20.8 Å². The number of hydrogen-bond acceptors (Lipinski definition) is 4. The van der Waals surface area contributed by atoms with Crippen molar-refractivity contribution in [3.8, 4) is 0 Å². The molecule has 2 amide bonds. The van der Waals surface area contributed by atoms with E-state index in [0.717, 1.165) is 46.7 Å². The first-order valence-electron chi connectivity index (χ1n) is 13.0. The first-order valence-corrected chi connectivity index (χ1v) is 14.5. The zero-order valence-corrected chi connectivity index (χ0v) is 23.0. The standard InChI is InChI=1S/C30H35N3O4S/c1-21-14-17-25(18-15-21)38(36,37)33(28-19-22(2)13-16-23(28)3)20-29(34)32-27-12-8-7-11-26(27)30(35)31-24-9-5-4-6-10-24/h7-8,11-19,24H,4-6,9-10,20H2,1-3H3,(H,31,35)(H,32,34). The van der Waals surface area contributed by atoms with Crippen LogP contribution in [0.5, 0.6) is 0 Å². The molecular formula is C30H35N3O4S. The molecule has 8 heteroatoms. The lowest BCUT2D eigenvalue weighted by Crippen LogP contribution is -2.39. The van der Waals surface area contributed by atoms with Crippen molar-refractivity contribution in [1.29, 1.82) is 0 Å². The van der Waals surface area contributed by atoms with Gasteiger partial charge in [-0.3, -0.25) is 13.9 Å². The average molecular weight is 534 g/mol. The molecule has 0 aliphatic heterocycles. The molecular weight excluding hydrogens is 498 g/mol. The molecule has 0 spiro atoms. The Hall–Kier alpha value is -3.65. The third-order valence-corrected chi connectivity index (χ3v) is 8.69. The van der Waals surface area contributed by atoms with Gasteiger partial charge in [0.05, 0.1) is 21.8 Å². The van der Waals surface area contributed by atoms with Crippen LogP contribution >= 0.6 is 0 Å². The van der Waals surface area contributed by atoms with Crippen LogP contribution in [0.1, 0.15) is 59.2 Å². The Morgan fingerprint density at radius 2 is 1.53 bits per heavy atom. The smallest absolute Gasteiger partial charge is 0.264 e. The zero-order valence-electron chi connectivity index (χ0n) is 22.2. The van der Waals surface area contributed by atoms with E-state index in [2.05, 4.69) is 10.6 Å². The fourth-order valence-electron chi connectivity index (χ4n) is 4.75. The SMILES string of the molecule is Cc1ccc(S(=O)(=O)N(CC(=O)Nc2ccccc2C(=O)NC2CCCCC2)c2cc(C)ccc2C)cc1. The van der Waals surface area contributed by atoms with Gasteiger partial charge in [-0.05, 0) is 75.1 Å². The molecule has 3 aromatic rings. The number of aryl methyl sites for hydroxylation is 3. The largest absolute Gasteiger partial charge is 0.349 e. The van der Waals surface area contributed by atoms with Crippen LogP contribution in [-0.4, -0.2) is 32.8 Å². The molecule has 1 fully saturated rings. The van der Waals surface area contributed by atoms with E-state index in [1.54, 1.807) is 54.6 Å². The highest BCUT2D eigenvalue weighted by molar-refractivity contribution is 7.92. The van der Waals surface area contributed by atoms with E-state index in [0.29, 0.717) is 16.9 Å². The third-order valence-electron chi connectivity index (χ3n) is 6.92. The topological polar surface area (TPSA) is 95.6 Å². The molecule has 2 N–H and O–H groups in total. The molecule has 0 radical (unpaired) electrons. The molecule has 0 bridgehead atoms. The fraction of sp³-hybridized carbons (Fsp3) is 0.333. The van der Waals surface area contributed by atoms with Crippen molar-refractivity contribution in [3.05, 3.63) is 89.0 Å². The normalized spacial score (nSPS) is 14.1. The predicted octanol–water partition coefficient (Wildman–Crippen LogP) is 5.51. The van der Waals surface area contributed by atoms with Crippen molar-refractivity contribution >= 4 is 33.2 Å². The monoisotopic (exact) mass is 533 g/mol. The van der Waals surface area contributed by atoms with Crippen LogP contribution in [0.2, 0.25) is 0 Å². The van der Waals surface area contributed by atoms with E-state index < -0.39 is 22.5 Å². The van der Waals surface area contributed by atoms with Gasteiger partial charge in [0, 0.05) is 6.04 Å². The van der Waals surface area contributed by atoms with Crippen LogP contribution in [0.4, 0.5) is 11.4 Å². The molecule has 0 aromatic heterocycles. The van der Waals surface area contributed by atoms with Crippen LogP contribution in [0.15, 0.2) is 71.6 Å². The molecule has 0 heterocycles. The second-order valence-electron chi connectivity index (χ2n) is 10.0. The lowest BCUT2D eigenvalue weighted by atomic mass is 9.95. The van der Waals surface area contributed by atoms with Gasteiger partial charge in [0.25, 0.3) is 15.9 Å². The van der Waals surface area contributed by atoms with Crippen molar-refractivity contribution in [2.45, 2.75) is 63.8 Å². The molecule has 7 nitrogen and oxygen atoms in total. The Morgan fingerprint density at radius 1 is 0.868 bits per heavy atom. The van der Waals surface area contributed by atoms with Crippen LogP contribution in [0.3, 0.4) is 0 Å². The molecule has 1 aliphatic carbocycles. The first-order chi connectivity index (χ1) is 18.1. The highest BCUT2D eigenvalue weighted by atomic mass is 32.2. The number of nitrogens with zero attached hydrogens (tertiary/aromatic N) is 1. The Balaban J connectivity index is 1.61. The van der Waals surface area contributed by atoms with Gasteiger partial charge < -0.3 is 10.6 Å². The summed E-state index contributed by atoms with van der Waals surface area (Å²) in [6.07, 6.45) is 5.26. The summed E-state index contributed by atoms with van der Waals surface area (Å²) >= 11 is 0. The van der Waals surface area contributed by atoms with Gasteiger partial charge in [0.1, 0.15) is 6.54 Å². The summed E-state index contributed by atoms with van der Waals surface area (Å²) in [7, 11) is -4.05. The zero-order chi connectivity index (χ0) is 27.3. The van der Waals surface area contributed by atoms with E-state index in [-0.39, 0.29) is 16.8 Å². The number of amides is 2. The molecule has 0 saturated heterocycles. The molecule has 0 unspecified atom stereocenters. The number of carbonyl (C=O) groups is 2. The number of rotatable bonds is 8. The Morgan fingerprint density at radius 3 is 2.24 bits per heavy atom. The maximum absolute atomic E-state index is 13.8. The van der Waals surface area contributed by atoms with Gasteiger partial charge in [0.2, 0.25) is 5.91 Å². The third kappa shape index (κ3) is 6.42. The molecule has 0 atom stereocenters. The number of nitrogens with one attached hydrogen (secondary N) is 2. The number of carbonyl (C=O) groups excluding carboxylic acids is 2. The Bertz CT molecular complexity index is 1410. The van der Waals surface area contributed by atoms with Crippen LogP contribution < -0.4 is 14.9 Å². The Kier molecular flexibility index (Phi) is 8.52. The van der Waals surface area contributed by atoms with E-state index in [4.69, 9.17) is 0 Å². The maximum atomic E-state index is 13.8. The maximum Gasteiger partial charge on any atom is 0.264 e. The highest BCUT2D eigenvalue weighted by Crippen LogP contribution is 2.28. The lowest BCUT2D eigenvalue weighted by Gasteiger charge is -2.26. The number of para-hydroxylation sites is 1. The minimum atomic E-state index is -4.05. The van der Waals surface area contributed by atoms with E-state index >= 15 is 0 Å². The number of hydrogen-bond donors (Lipinski definition) is 2. The van der Waals surface area contributed by atoms with Gasteiger partial charge in [-0.25, -0.2) is 8.42 Å². The summed E-state index contributed by atoms with van der Waals surface area (Å²) in [6, 6.07) is 19.0. The average Bonchev–Trinajstić information content (AvgIpc) is 2.90. The second-order valence-corrected chi connectivity index (χ2v) is 11.9. The molecule has 1 aliphatic rings. The summed E-state index contributed by atoms with van der Waals surface area (Å²) in [4.78, 5) is 26.5. The molecule has 3 aromatic carbocycles. The van der Waals surface area contributed by atoms with Gasteiger partial charge in [-0.2, -0.15) is 0 Å². The number of benzene rings is 3. The summed E-state index contributed by atoms with van der Waals surface area (Å²) < 4.78 is 28.7. The Labute approximate surface area is 225 Å². The summed E-state index contributed by atoms with van der Waals surface area (Å²) in [5, 5.41) is 5.87. The minimum absolute atomic E-state index is 0.101. The van der Waals surface area contributed by atoms with Gasteiger partial charge in [-0.1, -0.05) is 61.2 Å². The van der Waals surface area contributed by atoms with E-state index in [1.807, 2.05) is 32.9 Å².